The van der Waals surface area contributed by atoms with Crippen LogP contribution in [0.2, 0.25) is 0 Å². The molecule has 0 rings (SSSR count). The molecule has 0 amide bonds. The van der Waals surface area contributed by atoms with Gasteiger partial charge in [-0.05, 0) is 20.8 Å². The summed E-state index contributed by atoms with van der Waals surface area (Å²) in [5.74, 6) is -0.400. The quantitative estimate of drug-likeness (QED) is 0.462. The minimum absolute atomic E-state index is 0.400. The number of hydrogen-bond acceptors (Lipinski definition) is 2. The highest BCUT2D eigenvalue weighted by molar-refractivity contribution is 6.43. The Morgan fingerprint density at radius 2 is 1.80 bits per heavy atom. The molecule has 0 aromatic rings. The van der Waals surface area contributed by atoms with Crippen molar-refractivity contribution < 1.29 is 9.53 Å². The number of carbonyl (C=O) groups excluding carboxylic acids is 1. The smallest absolute Gasteiger partial charge is 0.313 e. The van der Waals surface area contributed by atoms with E-state index in [1.54, 1.807) is 20.8 Å². The van der Waals surface area contributed by atoms with Crippen LogP contribution in [-0.4, -0.2) is 11.0 Å². The van der Waals surface area contributed by atoms with Gasteiger partial charge >= 0.3 is 5.97 Å². The van der Waals surface area contributed by atoms with Crippen LogP contribution >= 0.6 is 23.2 Å². The van der Waals surface area contributed by atoms with Crippen molar-refractivity contribution in [2.24, 2.45) is 5.41 Å². The third-order valence-corrected chi connectivity index (χ3v) is 0.987. The van der Waals surface area contributed by atoms with Crippen molar-refractivity contribution in [1.29, 1.82) is 0 Å². The number of alkyl halides is 2. The zero-order valence-corrected chi connectivity index (χ0v) is 7.66. The van der Waals surface area contributed by atoms with E-state index in [9.17, 15) is 4.79 Å². The molecule has 0 bridgehead atoms. The van der Waals surface area contributed by atoms with E-state index in [0.717, 1.165) is 0 Å². The van der Waals surface area contributed by atoms with Gasteiger partial charge in [-0.15, -0.1) is 0 Å². The lowest BCUT2D eigenvalue weighted by atomic mass is 9.98. The van der Waals surface area contributed by atoms with E-state index < -0.39 is 16.4 Å². The largest absolute Gasteiger partial charge is 0.431 e. The number of esters is 1. The summed E-state index contributed by atoms with van der Waals surface area (Å²) in [7, 11) is 0. The number of hydrogen-bond donors (Lipinski definition) is 0. The molecule has 4 heteroatoms. The zero-order chi connectivity index (χ0) is 8.36. The molecule has 0 aromatic carbocycles. The number of ether oxygens (including phenoxy) is 1. The fraction of sp³-hybridized carbons (Fsp3) is 0.833. The second-order valence-corrected chi connectivity index (χ2v) is 3.93. The average Bonchev–Trinajstić information content (AvgIpc) is 1.60. The van der Waals surface area contributed by atoms with E-state index in [1.165, 1.54) is 0 Å². The van der Waals surface area contributed by atoms with Crippen LogP contribution in [0.4, 0.5) is 0 Å². The first kappa shape index (κ1) is 10.0. The summed E-state index contributed by atoms with van der Waals surface area (Å²) in [6, 6.07) is 0. The van der Waals surface area contributed by atoms with Crippen LogP contribution in [0.1, 0.15) is 20.8 Å². The molecule has 0 aliphatic rings. The van der Waals surface area contributed by atoms with Crippen molar-refractivity contribution in [2.45, 2.75) is 25.8 Å². The molecule has 0 unspecified atom stereocenters. The first-order valence-corrected chi connectivity index (χ1v) is 3.70. The Bertz CT molecular complexity index is 126. The molecule has 2 nitrogen and oxygen atoms in total. The second-order valence-electron chi connectivity index (χ2n) is 2.92. The van der Waals surface area contributed by atoms with Gasteiger partial charge in [0.15, 0.2) is 0 Å². The molecular weight excluding hydrogens is 175 g/mol. The summed E-state index contributed by atoms with van der Waals surface area (Å²) in [6.07, 6.45) is 0. The third-order valence-electron chi connectivity index (χ3n) is 0.808. The van der Waals surface area contributed by atoms with E-state index in [-0.39, 0.29) is 0 Å². The Hall–Kier alpha value is 0.0500. The third kappa shape index (κ3) is 3.96. The van der Waals surface area contributed by atoms with Gasteiger partial charge in [-0.25, -0.2) is 0 Å². The summed E-state index contributed by atoms with van der Waals surface area (Å²) < 4.78 is 4.51. The summed E-state index contributed by atoms with van der Waals surface area (Å²) in [5, 5.41) is -1.06. The molecule has 0 saturated carbocycles. The van der Waals surface area contributed by atoms with Crippen molar-refractivity contribution >= 4 is 29.2 Å². The topological polar surface area (TPSA) is 26.3 Å². The fourth-order valence-electron chi connectivity index (χ4n) is 0.258. The predicted molar refractivity (Wildman–Crippen MR) is 41.0 cm³/mol. The maximum absolute atomic E-state index is 10.9. The van der Waals surface area contributed by atoms with E-state index >= 15 is 0 Å². The number of halogens is 2. The SMILES string of the molecule is CC(C)(C)C(=O)OC(Cl)Cl. The summed E-state index contributed by atoms with van der Waals surface area (Å²) in [5.41, 5.74) is -0.540. The van der Waals surface area contributed by atoms with Crippen LogP contribution in [0.3, 0.4) is 0 Å². The lowest BCUT2D eigenvalue weighted by molar-refractivity contribution is -0.152. The van der Waals surface area contributed by atoms with Gasteiger partial charge in [0.05, 0.1) is 5.41 Å². The molecule has 0 heterocycles. The molecule has 0 N–H and O–H groups in total. The van der Waals surface area contributed by atoms with Gasteiger partial charge in [-0.1, -0.05) is 23.2 Å². The van der Waals surface area contributed by atoms with Gasteiger partial charge in [-0.2, -0.15) is 0 Å². The van der Waals surface area contributed by atoms with E-state index in [4.69, 9.17) is 23.2 Å². The molecule has 0 spiro atoms. The second kappa shape index (κ2) is 3.44. The monoisotopic (exact) mass is 184 g/mol. The van der Waals surface area contributed by atoms with Gasteiger partial charge in [0.1, 0.15) is 0 Å². The highest BCUT2D eigenvalue weighted by Gasteiger charge is 2.24. The lowest BCUT2D eigenvalue weighted by Crippen LogP contribution is -2.24. The van der Waals surface area contributed by atoms with Crippen molar-refractivity contribution in [3.8, 4) is 0 Å². The van der Waals surface area contributed by atoms with Crippen molar-refractivity contribution in [3.05, 3.63) is 0 Å². The summed E-state index contributed by atoms with van der Waals surface area (Å²) >= 11 is 10.4. The molecular formula is C6H10Cl2O2. The molecule has 60 valence electrons. The van der Waals surface area contributed by atoms with E-state index in [1.807, 2.05) is 0 Å². The highest BCUT2D eigenvalue weighted by Crippen LogP contribution is 2.18. The van der Waals surface area contributed by atoms with Crippen LogP contribution in [0, 0.1) is 5.41 Å². The van der Waals surface area contributed by atoms with Crippen molar-refractivity contribution in [1.82, 2.24) is 0 Å². The summed E-state index contributed by atoms with van der Waals surface area (Å²) in [4.78, 5) is 10.9. The first-order valence-electron chi connectivity index (χ1n) is 2.83. The van der Waals surface area contributed by atoms with Crippen LogP contribution in [0.15, 0.2) is 0 Å². The number of carbonyl (C=O) groups is 1. The molecule has 0 fully saturated rings. The molecule has 0 aliphatic heterocycles. The van der Waals surface area contributed by atoms with Gasteiger partial charge in [0.25, 0.3) is 5.02 Å². The Kier molecular flexibility index (Phi) is 3.46. The average molecular weight is 185 g/mol. The predicted octanol–water partition coefficient (Wildman–Crippen LogP) is 2.34. The van der Waals surface area contributed by atoms with Crippen LogP contribution in [0.25, 0.3) is 0 Å². The Balaban J connectivity index is 3.87. The Labute approximate surface area is 70.4 Å². The molecule has 0 aromatic heterocycles. The Morgan fingerprint density at radius 1 is 1.40 bits per heavy atom. The van der Waals surface area contributed by atoms with Gasteiger partial charge in [-0.3, -0.25) is 4.79 Å². The van der Waals surface area contributed by atoms with Crippen LogP contribution in [-0.2, 0) is 9.53 Å². The van der Waals surface area contributed by atoms with Crippen LogP contribution < -0.4 is 0 Å². The normalized spacial score (nSPS) is 11.8. The molecule has 0 radical (unpaired) electrons. The highest BCUT2D eigenvalue weighted by atomic mass is 35.5. The first-order chi connectivity index (χ1) is 4.34. The van der Waals surface area contributed by atoms with Gasteiger partial charge < -0.3 is 4.74 Å². The van der Waals surface area contributed by atoms with Crippen molar-refractivity contribution in [2.75, 3.05) is 0 Å². The van der Waals surface area contributed by atoms with Crippen LogP contribution in [0.5, 0.6) is 0 Å². The Morgan fingerprint density at radius 3 is 1.90 bits per heavy atom. The van der Waals surface area contributed by atoms with Crippen molar-refractivity contribution in [3.63, 3.8) is 0 Å². The zero-order valence-electron chi connectivity index (χ0n) is 6.15. The number of rotatable bonds is 1. The standard InChI is InChI=1S/C6H10Cl2O2/c1-6(2,3)4(9)10-5(7)8/h5H,1-3H3. The minimum atomic E-state index is -1.06. The van der Waals surface area contributed by atoms with E-state index in [2.05, 4.69) is 4.74 Å². The van der Waals surface area contributed by atoms with E-state index in [0.29, 0.717) is 0 Å². The lowest BCUT2D eigenvalue weighted by Gasteiger charge is -2.16. The maximum atomic E-state index is 10.9. The van der Waals surface area contributed by atoms with Gasteiger partial charge in [0.2, 0.25) is 0 Å². The summed E-state index contributed by atoms with van der Waals surface area (Å²) in [6.45, 7) is 5.18. The molecule has 10 heavy (non-hydrogen) atoms. The molecule has 0 saturated heterocycles. The molecule has 0 aliphatic carbocycles. The fourth-order valence-corrected chi connectivity index (χ4v) is 0.420. The molecule has 0 atom stereocenters. The minimum Gasteiger partial charge on any atom is -0.431 e. The van der Waals surface area contributed by atoms with Gasteiger partial charge in [0, 0.05) is 0 Å². The maximum Gasteiger partial charge on any atom is 0.313 e.